The van der Waals surface area contributed by atoms with Crippen molar-refractivity contribution in [3.8, 4) is 11.3 Å². The normalized spacial score (nSPS) is 27.5. The number of aliphatic imine (C=N–C) groups is 2. The third-order valence-electron chi connectivity index (χ3n) is 8.58. The number of amidine groups is 1. The van der Waals surface area contributed by atoms with Crippen molar-refractivity contribution in [1.29, 1.82) is 0 Å². The highest BCUT2D eigenvalue weighted by molar-refractivity contribution is 6.02. The van der Waals surface area contributed by atoms with Crippen LogP contribution >= 0.6 is 0 Å². The number of aromatic nitrogens is 1. The fourth-order valence-electron chi connectivity index (χ4n) is 6.24. The lowest BCUT2D eigenvalue weighted by Crippen LogP contribution is -2.53. The van der Waals surface area contributed by atoms with Crippen LogP contribution in [0.15, 0.2) is 94.4 Å². The first-order valence-electron chi connectivity index (χ1n) is 13.7. The average Bonchev–Trinajstić information content (AvgIpc) is 3.24. The number of nitrogens with zero attached hydrogens (tertiary/aromatic N) is 6. The van der Waals surface area contributed by atoms with E-state index in [4.69, 9.17) is 15.8 Å². The maximum absolute atomic E-state index is 7.05. The van der Waals surface area contributed by atoms with Crippen molar-refractivity contribution >= 4 is 23.0 Å². The molecule has 0 bridgehead atoms. The quantitative estimate of drug-likeness (QED) is 0.413. The maximum Gasteiger partial charge on any atom is 0.264 e. The molecule has 7 heteroatoms. The molecule has 4 aliphatic rings. The first kappa shape index (κ1) is 23.6. The maximum atomic E-state index is 7.05. The van der Waals surface area contributed by atoms with Crippen LogP contribution in [-0.2, 0) is 0 Å². The van der Waals surface area contributed by atoms with E-state index in [0.717, 1.165) is 50.9 Å². The van der Waals surface area contributed by atoms with Gasteiger partial charge in [0.1, 0.15) is 11.9 Å². The van der Waals surface area contributed by atoms with E-state index in [1.807, 2.05) is 30.6 Å². The third kappa shape index (κ3) is 4.12. The monoisotopic (exact) mass is 504 g/mol. The number of quaternary nitrogens is 1. The van der Waals surface area contributed by atoms with Gasteiger partial charge in [-0.15, -0.1) is 4.59 Å². The number of nitrogens with two attached hydrogens (primary N) is 1. The van der Waals surface area contributed by atoms with Gasteiger partial charge in [-0.3, -0.25) is 4.99 Å². The number of hydrogen-bond acceptors (Lipinski definition) is 6. The van der Waals surface area contributed by atoms with Crippen LogP contribution in [0.3, 0.4) is 0 Å². The Kier molecular flexibility index (Phi) is 5.82. The van der Waals surface area contributed by atoms with Crippen molar-refractivity contribution in [1.82, 2.24) is 14.8 Å². The SMILES string of the molecule is CN1CCN(CC2CC(C3=C4C=NC=C[N+]4(N)C(c4ccc5ccc(-c6ccccc6)nc5c4)=N3)C2)CC1. The predicted molar refractivity (Wildman–Crippen MR) is 153 cm³/mol. The molecule has 3 aliphatic heterocycles. The van der Waals surface area contributed by atoms with Gasteiger partial charge in [0.2, 0.25) is 5.70 Å². The smallest absolute Gasteiger partial charge is 0.264 e. The molecule has 0 spiro atoms. The van der Waals surface area contributed by atoms with Gasteiger partial charge in [0.15, 0.2) is 0 Å². The molecule has 0 radical (unpaired) electrons. The van der Waals surface area contributed by atoms with Crippen molar-refractivity contribution in [2.75, 3.05) is 39.8 Å². The zero-order chi connectivity index (χ0) is 25.7. The molecule has 3 aromatic rings. The lowest BCUT2D eigenvalue weighted by Gasteiger charge is -2.40. The van der Waals surface area contributed by atoms with Crippen molar-refractivity contribution in [3.05, 3.63) is 90.0 Å². The molecule has 7 nitrogen and oxygen atoms in total. The number of allylic oxidation sites excluding steroid dienone is 2. The van der Waals surface area contributed by atoms with Crippen LogP contribution in [0.4, 0.5) is 0 Å². The van der Waals surface area contributed by atoms with Gasteiger partial charge in [-0.05, 0) is 44.0 Å². The lowest BCUT2D eigenvalue weighted by molar-refractivity contribution is -0.750. The van der Waals surface area contributed by atoms with Gasteiger partial charge in [-0.2, -0.15) is 10.8 Å². The topological polar surface area (TPSA) is 70.1 Å². The molecular formula is C31H34N7+. The summed E-state index contributed by atoms with van der Waals surface area (Å²) in [6.07, 6.45) is 7.97. The molecule has 1 saturated heterocycles. The van der Waals surface area contributed by atoms with Crippen molar-refractivity contribution in [3.63, 3.8) is 0 Å². The molecule has 0 amide bonds. The number of rotatable bonds is 5. The number of piperazine rings is 1. The number of fused-ring (bicyclic) bond motifs is 2. The van der Waals surface area contributed by atoms with E-state index in [9.17, 15) is 0 Å². The summed E-state index contributed by atoms with van der Waals surface area (Å²) in [6.45, 7) is 5.89. The molecule has 2 fully saturated rings. The Morgan fingerprint density at radius 3 is 2.55 bits per heavy atom. The number of hydrogen-bond donors (Lipinski definition) is 1. The van der Waals surface area contributed by atoms with Crippen LogP contribution in [0.1, 0.15) is 18.4 Å². The van der Waals surface area contributed by atoms with Crippen LogP contribution in [0.25, 0.3) is 22.2 Å². The molecular weight excluding hydrogens is 470 g/mol. The summed E-state index contributed by atoms with van der Waals surface area (Å²) in [5.74, 6) is 9.05. The van der Waals surface area contributed by atoms with Crippen LogP contribution in [0.2, 0.25) is 0 Å². The molecule has 38 heavy (non-hydrogen) atoms. The Hall–Kier alpha value is -3.49. The van der Waals surface area contributed by atoms with Crippen LogP contribution < -0.4 is 5.84 Å². The van der Waals surface area contributed by atoms with Gasteiger partial charge in [0.25, 0.3) is 5.84 Å². The van der Waals surface area contributed by atoms with E-state index < -0.39 is 0 Å². The summed E-state index contributed by atoms with van der Waals surface area (Å²) in [5.41, 5.74) is 6.12. The Morgan fingerprint density at radius 1 is 0.947 bits per heavy atom. The molecule has 1 atom stereocenters. The Balaban J connectivity index is 1.16. The minimum atomic E-state index is 0.0718. The fourth-order valence-corrected chi connectivity index (χ4v) is 6.24. The fraction of sp³-hybridized carbons (Fsp3) is 0.323. The highest BCUT2D eigenvalue weighted by atomic mass is 15.6. The van der Waals surface area contributed by atoms with Gasteiger partial charge in [0, 0.05) is 49.6 Å². The largest absolute Gasteiger partial charge is 0.304 e. The van der Waals surface area contributed by atoms with Gasteiger partial charge >= 0.3 is 0 Å². The standard InChI is InChI=1S/C31H34N7/c1-36-12-14-37(15-13-36)21-22-17-26(18-22)30-29-20-33-11-16-38(29,32)31(35-30)25-8-7-24-9-10-27(34-28(24)19-25)23-5-3-2-4-6-23/h2-11,16,19-20,22,26H,12-15,17-18,21,32H2,1H3/q+1. The zero-order valence-electron chi connectivity index (χ0n) is 21.9. The Bertz CT molecular complexity index is 1490. The van der Waals surface area contributed by atoms with Crippen LogP contribution in [0.5, 0.6) is 0 Å². The summed E-state index contributed by atoms with van der Waals surface area (Å²) in [4.78, 5) is 19.7. The molecule has 1 aromatic heterocycles. The first-order valence-corrected chi connectivity index (χ1v) is 13.7. The molecule has 192 valence electrons. The summed E-state index contributed by atoms with van der Waals surface area (Å²) in [7, 11) is 2.21. The molecule has 4 heterocycles. The molecule has 2 N–H and O–H groups in total. The van der Waals surface area contributed by atoms with E-state index in [1.165, 1.54) is 45.6 Å². The van der Waals surface area contributed by atoms with Crippen molar-refractivity contribution in [2.24, 2.45) is 27.7 Å². The highest BCUT2D eigenvalue weighted by Crippen LogP contribution is 2.45. The average molecular weight is 505 g/mol. The van der Waals surface area contributed by atoms with Crippen molar-refractivity contribution in [2.45, 2.75) is 12.8 Å². The van der Waals surface area contributed by atoms with Crippen LogP contribution in [0, 0.1) is 11.8 Å². The summed E-state index contributed by atoms with van der Waals surface area (Å²) in [5, 5.41) is 1.10. The Morgan fingerprint density at radius 2 is 1.74 bits per heavy atom. The first-order chi connectivity index (χ1) is 18.6. The second-order valence-electron chi connectivity index (χ2n) is 11.2. The predicted octanol–water partition coefficient (Wildman–Crippen LogP) is 4.39. The van der Waals surface area contributed by atoms with Gasteiger partial charge in [0.05, 0.1) is 29.2 Å². The minimum absolute atomic E-state index is 0.0718. The van der Waals surface area contributed by atoms with E-state index in [2.05, 4.69) is 64.3 Å². The zero-order valence-corrected chi connectivity index (χ0v) is 21.9. The van der Waals surface area contributed by atoms with Gasteiger partial charge < -0.3 is 9.80 Å². The number of pyridine rings is 1. The molecule has 2 aromatic carbocycles. The summed E-state index contributed by atoms with van der Waals surface area (Å²) >= 11 is 0. The Labute approximate surface area is 223 Å². The summed E-state index contributed by atoms with van der Waals surface area (Å²) < 4.78 is 0.0718. The number of benzene rings is 2. The second kappa shape index (κ2) is 9.36. The lowest BCUT2D eigenvalue weighted by atomic mass is 9.72. The van der Waals surface area contributed by atoms with Gasteiger partial charge in [-0.1, -0.05) is 42.5 Å². The molecule has 1 saturated carbocycles. The molecule has 1 aliphatic carbocycles. The van der Waals surface area contributed by atoms with Crippen molar-refractivity contribution < 1.29 is 4.59 Å². The highest BCUT2D eigenvalue weighted by Gasteiger charge is 2.48. The second-order valence-corrected chi connectivity index (χ2v) is 11.2. The van der Waals surface area contributed by atoms with Crippen LogP contribution in [-0.4, -0.2) is 71.2 Å². The third-order valence-corrected chi connectivity index (χ3v) is 8.58. The van der Waals surface area contributed by atoms with E-state index in [1.54, 1.807) is 6.20 Å². The van der Waals surface area contributed by atoms with E-state index >= 15 is 0 Å². The summed E-state index contributed by atoms with van der Waals surface area (Å²) in [6, 6.07) is 20.9. The van der Waals surface area contributed by atoms with E-state index in [-0.39, 0.29) is 4.59 Å². The molecule has 7 rings (SSSR count). The molecule has 1 unspecified atom stereocenters. The minimum Gasteiger partial charge on any atom is -0.304 e. The number of likely N-dealkylation sites (N-methyl/N-ethyl adjacent to an activating group) is 1. The van der Waals surface area contributed by atoms with Gasteiger partial charge in [-0.25, -0.2) is 4.98 Å². The van der Waals surface area contributed by atoms with E-state index in [0.29, 0.717) is 5.92 Å².